The largest absolute Gasteiger partial charge is 0.293 e. The first-order valence-corrected chi connectivity index (χ1v) is 15.2. The second kappa shape index (κ2) is 11.2. The van der Waals surface area contributed by atoms with Gasteiger partial charge in [-0.3, -0.25) is 9.08 Å². The fourth-order valence-corrected chi connectivity index (χ4v) is 6.88. The molecule has 1 unspecified atom stereocenters. The van der Waals surface area contributed by atoms with E-state index in [1.54, 1.807) is 6.20 Å². The molecule has 43 heavy (non-hydrogen) atoms. The third kappa shape index (κ3) is 4.71. The minimum absolute atomic E-state index is 0.0263. The van der Waals surface area contributed by atoms with Crippen LogP contribution in [0.5, 0.6) is 0 Å². The number of pyridine rings is 1. The molecule has 0 radical (unpaired) electrons. The van der Waals surface area contributed by atoms with Crippen molar-refractivity contribution in [1.29, 1.82) is 0 Å². The highest BCUT2D eigenvalue weighted by atomic mass is 127. The van der Waals surface area contributed by atoms with Gasteiger partial charge in [0.25, 0.3) is 0 Å². The smallest absolute Gasteiger partial charge is 0.156 e. The SMILES string of the molecule is Fc1ccc(-c2nn(C(c3ccccc3)(c3ccccc3)C3C=CC=CC3)cc2-c2cc(Cl)c3ncc(I)n3c2)c(F)c1. The summed E-state index contributed by atoms with van der Waals surface area (Å²) in [6.07, 6.45) is 14.9. The van der Waals surface area contributed by atoms with E-state index in [1.165, 1.54) is 12.1 Å². The first kappa shape index (κ1) is 27.7. The standard InChI is InChI=1S/C35H24ClF2IN4/c36-30-18-23(21-42-32(39)20-40-34(30)42)29-22-43(41-33(29)28-17-16-27(37)19-31(28)38)35(24-10-4-1-5-11-24,25-12-6-2-7-13-25)26-14-8-3-9-15-26/h1-14,16-22,26H,15H2. The molecule has 6 aromatic rings. The van der Waals surface area contributed by atoms with Crippen molar-refractivity contribution in [3.63, 3.8) is 0 Å². The lowest BCUT2D eigenvalue weighted by Gasteiger charge is -2.41. The first-order valence-electron chi connectivity index (χ1n) is 13.8. The van der Waals surface area contributed by atoms with Crippen molar-refractivity contribution in [2.24, 2.45) is 5.92 Å². The van der Waals surface area contributed by atoms with Crippen LogP contribution in [0.25, 0.3) is 28.0 Å². The number of allylic oxidation sites excluding steroid dienone is 4. The minimum atomic E-state index is -0.801. The Kier molecular flexibility index (Phi) is 7.23. The van der Waals surface area contributed by atoms with Gasteiger partial charge in [0.1, 0.15) is 26.6 Å². The number of rotatable bonds is 6. The van der Waals surface area contributed by atoms with Crippen LogP contribution in [0.2, 0.25) is 5.02 Å². The number of hydrogen-bond acceptors (Lipinski definition) is 2. The Morgan fingerprint density at radius 3 is 2.23 bits per heavy atom. The summed E-state index contributed by atoms with van der Waals surface area (Å²) >= 11 is 8.93. The number of hydrogen-bond donors (Lipinski definition) is 0. The summed E-state index contributed by atoms with van der Waals surface area (Å²) in [5.41, 5.74) is 3.85. The van der Waals surface area contributed by atoms with E-state index < -0.39 is 17.2 Å². The van der Waals surface area contributed by atoms with Crippen LogP contribution in [-0.2, 0) is 5.54 Å². The highest BCUT2D eigenvalue weighted by molar-refractivity contribution is 14.1. The van der Waals surface area contributed by atoms with Crippen LogP contribution in [0, 0.1) is 21.3 Å². The maximum Gasteiger partial charge on any atom is 0.156 e. The molecule has 4 nitrogen and oxygen atoms in total. The van der Waals surface area contributed by atoms with Crippen molar-refractivity contribution in [1.82, 2.24) is 19.2 Å². The van der Waals surface area contributed by atoms with Crippen LogP contribution in [0.15, 0.2) is 128 Å². The van der Waals surface area contributed by atoms with Gasteiger partial charge in [0.15, 0.2) is 5.65 Å². The summed E-state index contributed by atoms with van der Waals surface area (Å²) in [6.45, 7) is 0. The zero-order valence-electron chi connectivity index (χ0n) is 22.7. The Balaban J connectivity index is 1.58. The molecule has 0 N–H and O–H groups in total. The van der Waals surface area contributed by atoms with Crippen molar-refractivity contribution < 1.29 is 8.78 Å². The summed E-state index contributed by atoms with van der Waals surface area (Å²) < 4.78 is 34.4. The van der Waals surface area contributed by atoms with Gasteiger partial charge in [-0.2, -0.15) is 5.10 Å². The fourth-order valence-electron chi connectivity index (χ4n) is 6.11. The van der Waals surface area contributed by atoms with Crippen LogP contribution in [-0.4, -0.2) is 19.2 Å². The molecular weight excluding hydrogens is 677 g/mol. The molecule has 0 saturated carbocycles. The number of benzene rings is 3. The van der Waals surface area contributed by atoms with Gasteiger partial charge in [-0.1, -0.05) is 96.6 Å². The van der Waals surface area contributed by atoms with Crippen LogP contribution in [0.3, 0.4) is 0 Å². The van der Waals surface area contributed by atoms with E-state index in [9.17, 15) is 4.39 Å². The van der Waals surface area contributed by atoms with Gasteiger partial charge in [-0.25, -0.2) is 13.8 Å². The second-order valence-corrected chi connectivity index (χ2v) is 12.0. The quantitative estimate of drug-likeness (QED) is 0.162. The third-order valence-corrected chi connectivity index (χ3v) is 9.11. The van der Waals surface area contributed by atoms with Gasteiger partial charge in [0, 0.05) is 41.1 Å². The summed E-state index contributed by atoms with van der Waals surface area (Å²) in [6, 6.07) is 25.9. The Morgan fingerprint density at radius 2 is 1.58 bits per heavy atom. The molecule has 3 aromatic carbocycles. The molecule has 7 rings (SSSR count). The molecule has 1 aliphatic carbocycles. The molecule has 0 amide bonds. The van der Waals surface area contributed by atoms with Crippen molar-refractivity contribution >= 4 is 39.8 Å². The average molecular weight is 701 g/mol. The molecule has 0 bridgehead atoms. The van der Waals surface area contributed by atoms with Crippen molar-refractivity contribution in [2.75, 3.05) is 0 Å². The summed E-state index contributed by atoms with van der Waals surface area (Å²) in [5.74, 6) is -1.37. The second-order valence-electron chi connectivity index (χ2n) is 10.5. The molecule has 1 aliphatic rings. The van der Waals surface area contributed by atoms with Crippen molar-refractivity contribution in [3.05, 3.63) is 159 Å². The van der Waals surface area contributed by atoms with Crippen molar-refractivity contribution in [3.8, 4) is 22.4 Å². The predicted octanol–water partition coefficient (Wildman–Crippen LogP) is 9.33. The van der Waals surface area contributed by atoms with Crippen LogP contribution < -0.4 is 0 Å². The summed E-state index contributed by atoms with van der Waals surface area (Å²) in [7, 11) is 0. The molecule has 0 saturated heterocycles. The predicted molar refractivity (Wildman–Crippen MR) is 175 cm³/mol. The molecule has 3 heterocycles. The number of nitrogens with zero attached hydrogens (tertiary/aromatic N) is 4. The van der Waals surface area contributed by atoms with E-state index in [0.29, 0.717) is 21.9 Å². The zero-order chi connectivity index (χ0) is 29.6. The van der Waals surface area contributed by atoms with Gasteiger partial charge >= 0.3 is 0 Å². The highest BCUT2D eigenvalue weighted by Gasteiger charge is 2.44. The number of halogens is 4. The molecule has 0 fully saturated rings. The number of fused-ring (bicyclic) bond motifs is 1. The van der Waals surface area contributed by atoms with Gasteiger partial charge in [-0.05, 0) is 58.3 Å². The number of imidazole rings is 1. The zero-order valence-corrected chi connectivity index (χ0v) is 25.6. The minimum Gasteiger partial charge on any atom is -0.293 e. The average Bonchev–Trinajstić information content (AvgIpc) is 3.64. The third-order valence-electron chi connectivity index (χ3n) is 8.03. The lowest BCUT2D eigenvalue weighted by atomic mass is 9.70. The Hall–Kier alpha value is -4.08. The molecule has 0 aliphatic heterocycles. The summed E-state index contributed by atoms with van der Waals surface area (Å²) in [4.78, 5) is 4.43. The number of aromatic nitrogens is 4. The Labute approximate surface area is 266 Å². The lowest BCUT2D eigenvalue weighted by Crippen LogP contribution is -2.43. The topological polar surface area (TPSA) is 35.1 Å². The van der Waals surface area contributed by atoms with E-state index in [0.717, 1.165) is 32.9 Å². The highest BCUT2D eigenvalue weighted by Crippen LogP contribution is 2.46. The maximum atomic E-state index is 15.5. The van der Waals surface area contributed by atoms with E-state index in [2.05, 4.69) is 76.1 Å². The van der Waals surface area contributed by atoms with Gasteiger partial charge in [0.2, 0.25) is 0 Å². The summed E-state index contributed by atoms with van der Waals surface area (Å²) in [5, 5.41) is 5.65. The lowest BCUT2D eigenvalue weighted by molar-refractivity contribution is 0.293. The van der Waals surface area contributed by atoms with Gasteiger partial charge in [-0.15, -0.1) is 0 Å². The Morgan fingerprint density at radius 1 is 0.860 bits per heavy atom. The van der Waals surface area contributed by atoms with Crippen LogP contribution >= 0.6 is 34.2 Å². The first-order chi connectivity index (χ1) is 21.0. The molecule has 3 aromatic heterocycles. The molecule has 8 heteroatoms. The van der Waals surface area contributed by atoms with Gasteiger partial charge < -0.3 is 0 Å². The maximum absolute atomic E-state index is 15.5. The molecule has 1 atom stereocenters. The Bertz CT molecular complexity index is 1980. The van der Waals surface area contributed by atoms with E-state index in [-0.39, 0.29) is 11.5 Å². The van der Waals surface area contributed by atoms with Crippen LogP contribution in [0.1, 0.15) is 17.5 Å². The van der Waals surface area contributed by atoms with E-state index in [4.69, 9.17) is 16.7 Å². The van der Waals surface area contributed by atoms with Crippen LogP contribution in [0.4, 0.5) is 8.78 Å². The molecule has 0 spiro atoms. The monoisotopic (exact) mass is 700 g/mol. The normalized spacial score (nSPS) is 14.9. The fraction of sp³-hybridized carbons (Fsp3) is 0.0857. The molecular formula is C35H24ClF2IN4. The van der Waals surface area contributed by atoms with E-state index in [1.807, 2.05) is 63.9 Å². The van der Waals surface area contributed by atoms with Gasteiger partial charge in [0.05, 0.1) is 11.2 Å². The molecule has 212 valence electrons. The van der Waals surface area contributed by atoms with E-state index >= 15 is 4.39 Å². The van der Waals surface area contributed by atoms with Crippen molar-refractivity contribution in [2.45, 2.75) is 12.0 Å².